The van der Waals surface area contributed by atoms with Crippen molar-refractivity contribution >= 4 is 5.97 Å². The largest absolute Gasteiger partial charge is 0.493 e. The third-order valence-corrected chi connectivity index (χ3v) is 9.90. The summed E-state index contributed by atoms with van der Waals surface area (Å²) in [6.45, 7) is 4.22. The summed E-state index contributed by atoms with van der Waals surface area (Å²) >= 11 is 0. The van der Waals surface area contributed by atoms with Crippen LogP contribution in [0, 0.1) is 6.92 Å². The molecular formula is C39H43N3O5. The van der Waals surface area contributed by atoms with E-state index < -0.39 is 0 Å². The molecule has 244 valence electrons. The molecule has 8 heteroatoms. The van der Waals surface area contributed by atoms with Gasteiger partial charge in [0.05, 0.1) is 13.5 Å². The fourth-order valence-corrected chi connectivity index (χ4v) is 7.36. The second-order valence-corrected chi connectivity index (χ2v) is 13.0. The van der Waals surface area contributed by atoms with Crippen LogP contribution in [0.5, 0.6) is 34.5 Å². The van der Waals surface area contributed by atoms with E-state index in [0.29, 0.717) is 23.7 Å². The summed E-state index contributed by atoms with van der Waals surface area (Å²) in [5.74, 6) is 3.51. The molecule has 2 N–H and O–H groups in total. The van der Waals surface area contributed by atoms with Crippen molar-refractivity contribution in [3.05, 3.63) is 106 Å². The van der Waals surface area contributed by atoms with Gasteiger partial charge in [0.2, 0.25) is 0 Å². The molecule has 0 saturated carbocycles. The predicted molar refractivity (Wildman–Crippen MR) is 182 cm³/mol. The van der Waals surface area contributed by atoms with Gasteiger partial charge in [-0.2, -0.15) is 0 Å². The number of fused-ring (bicyclic) bond motifs is 2. The van der Waals surface area contributed by atoms with Crippen LogP contribution in [0.2, 0.25) is 0 Å². The van der Waals surface area contributed by atoms with Crippen molar-refractivity contribution in [2.75, 3.05) is 40.8 Å². The first-order chi connectivity index (χ1) is 22.8. The number of hydrogen-bond acceptors (Lipinski definition) is 8. The average molecular weight is 634 g/mol. The predicted octanol–water partition coefficient (Wildman–Crippen LogP) is 6.70. The van der Waals surface area contributed by atoms with Gasteiger partial charge in [0.25, 0.3) is 0 Å². The first-order valence-corrected chi connectivity index (χ1v) is 16.5. The second kappa shape index (κ2) is 13.0. The fraction of sp³-hybridized carbons (Fsp3) is 0.359. The molecule has 8 nitrogen and oxygen atoms in total. The lowest BCUT2D eigenvalue weighted by molar-refractivity contribution is -0.134. The molecule has 47 heavy (non-hydrogen) atoms. The summed E-state index contributed by atoms with van der Waals surface area (Å²) in [5.41, 5.74) is 14.0. The standard InChI is InChI=1S/C39H43N3O5/c1-24-19-28-15-18-42(3)33-21-26-7-12-34(47-36(43)13-16-40)35(22-26)45-29-9-5-25(6-10-29)20-32-31-23-30(11-8-27(31)14-17-41(32)2)46-39(37(28)33)38(24)44-4/h5-12,19,22-23,32-33H,13-18,20-21,40H2,1-4H3/t32-,33+/m0/s1. The maximum absolute atomic E-state index is 12.5. The molecule has 4 aromatic carbocycles. The lowest BCUT2D eigenvalue weighted by Crippen LogP contribution is -2.34. The van der Waals surface area contributed by atoms with Crippen molar-refractivity contribution in [1.82, 2.24) is 9.80 Å². The quantitative estimate of drug-likeness (QED) is 0.196. The van der Waals surface area contributed by atoms with Crippen molar-refractivity contribution in [3.8, 4) is 34.5 Å². The van der Waals surface area contributed by atoms with Gasteiger partial charge in [0.1, 0.15) is 11.5 Å². The molecule has 0 amide bonds. The third kappa shape index (κ3) is 6.21. The molecule has 0 spiro atoms. The van der Waals surface area contributed by atoms with E-state index in [1.165, 1.54) is 22.3 Å². The van der Waals surface area contributed by atoms with Crippen LogP contribution in [0.1, 0.15) is 57.4 Å². The summed E-state index contributed by atoms with van der Waals surface area (Å²) in [6, 6.07) is 23.1. The van der Waals surface area contributed by atoms with Crippen molar-refractivity contribution in [2.45, 2.75) is 51.1 Å². The van der Waals surface area contributed by atoms with Gasteiger partial charge in [-0.25, -0.2) is 0 Å². The number of nitrogens with zero attached hydrogens (tertiary/aromatic N) is 2. The third-order valence-electron chi connectivity index (χ3n) is 9.90. The highest BCUT2D eigenvalue weighted by Gasteiger charge is 2.33. The molecule has 0 saturated heterocycles. The number of benzene rings is 4. The van der Waals surface area contributed by atoms with E-state index in [4.69, 9.17) is 24.7 Å². The zero-order valence-corrected chi connectivity index (χ0v) is 27.7. The van der Waals surface area contributed by atoms with Gasteiger partial charge in [0.15, 0.2) is 23.0 Å². The summed E-state index contributed by atoms with van der Waals surface area (Å²) in [6.07, 6.45) is 3.58. The van der Waals surface area contributed by atoms with Crippen LogP contribution in [0.25, 0.3) is 0 Å². The molecule has 2 atom stereocenters. The van der Waals surface area contributed by atoms with Crippen LogP contribution in [-0.4, -0.2) is 56.6 Å². The summed E-state index contributed by atoms with van der Waals surface area (Å²) in [5, 5.41) is 0. The number of hydrogen-bond donors (Lipinski definition) is 1. The van der Waals surface area contributed by atoms with Crippen LogP contribution < -0.4 is 24.7 Å². The van der Waals surface area contributed by atoms with E-state index >= 15 is 0 Å². The molecule has 0 fully saturated rings. The molecule has 4 aliphatic heterocycles. The normalized spacial score (nSPS) is 19.1. The maximum atomic E-state index is 12.5. The van der Waals surface area contributed by atoms with Gasteiger partial charge >= 0.3 is 5.97 Å². The van der Waals surface area contributed by atoms with Crippen molar-refractivity contribution in [1.29, 1.82) is 0 Å². The monoisotopic (exact) mass is 633 g/mol. The number of carbonyl (C=O) groups excluding carboxylic acids is 1. The van der Waals surface area contributed by atoms with Gasteiger partial charge in [-0.05, 0) is 116 Å². The number of likely N-dealkylation sites (N-methyl/N-ethyl adjacent to an activating group) is 2. The summed E-state index contributed by atoms with van der Waals surface area (Å²) in [7, 11) is 6.08. The first-order valence-electron chi connectivity index (χ1n) is 16.5. The highest BCUT2D eigenvalue weighted by Crippen LogP contribution is 2.48. The van der Waals surface area contributed by atoms with E-state index in [1.807, 2.05) is 30.3 Å². The highest BCUT2D eigenvalue weighted by molar-refractivity contribution is 5.73. The van der Waals surface area contributed by atoms with Crippen molar-refractivity contribution in [2.24, 2.45) is 5.73 Å². The highest BCUT2D eigenvalue weighted by atomic mass is 16.6. The molecule has 6 bridgehead atoms. The number of ether oxygens (including phenoxy) is 4. The number of rotatable bonds is 4. The van der Waals surface area contributed by atoms with Crippen LogP contribution in [0.3, 0.4) is 0 Å². The molecule has 4 aliphatic rings. The van der Waals surface area contributed by atoms with Gasteiger partial charge in [-0.3, -0.25) is 14.6 Å². The van der Waals surface area contributed by atoms with Gasteiger partial charge in [-0.15, -0.1) is 0 Å². The van der Waals surface area contributed by atoms with Crippen molar-refractivity contribution in [3.63, 3.8) is 0 Å². The number of aryl methyl sites for hydroxylation is 1. The minimum Gasteiger partial charge on any atom is -0.493 e. The molecule has 4 heterocycles. The van der Waals surface area contributed by atoms with E-state index in [-0.39, 0.29) is 31.0 Å². The molecule has 0 aromatic heterocycles. The molecule has 0 unspecified atom stereocenters. The Balaban J connectivity index is 1.40. The lowest BCUT2D eigenvalue weighted by Gasteiger charge is -2.37. The minimum absolute atomic E-state index is 0.0106. The molecule has 0 aliphatic carbocycles. The Morgan fingerprint density at radius 2 is 1.55 bits per heavy atom. The van der Waals surface area contributed by atoms with Crippen LogP contribution in [0.15, 0.2) is 66.7 Å². The Labute approximate surface area is 277 Å². The topological polar surface area (TPSA) is 86.5 Å². The van der Waals surface area contributed by atoms with Gasteiger partial charge in [0, 0.05) is 37.3 Å². The molecule has 8 rings (SSSR count). The second-order valence-electron chi connectivity index (χ2n) is 13.0. The number of nitrogens with two attached hydrogens (primary N) is 1. The van der Waals surface area contributed by atoms with E-state index in [9.17, 15) is 4.79 Å². The zero-order valence-electron chi connectivity index (χ0n) is 27.7. The number of esters is 1. The van der Waals surface area contributed by atoms with Crippen LogP contribution in [-0.2, 0) is 30.5 Å². The van der Waals surface area contributed by atoms with E-state index in [1.54, 1.807) is 7.11 Å². The van der Waals surface area contributed by atoms with Crippen LogP contribution >= 0.6 is 0 Å². The molecular weight excluding hydrogens is 590 g/mol. The SMILES string of the molecule is COc1c(C)cc2c3c1Oc1ccc4c(c1)[C@H](Cc1ccc(cc1)Oc1cc(ccc1OC(=O)CCN)C[C@H]3N(C)CC2)N(C)CC4. The lowest BCUT2D eigenvalue weighted by atomic mass is 9.86. The fourth-order valence-electron chi connectivity index (χ4n) is 7.36. The Morgan fingerprint density at radius 1 is 0.851 bits per heavy atom. The number of carbonyl (C=O) groups is 1. The summed E-state index contributed by atoms with van der Waals surface area (Å²) in [4.78, 5) is 17.3. The Morgan fingerprint density at radius 3 is 2.32 bits per heavy atom. The van der Waals surface area contributed by atoms with E-state index in [0.717, 1.165) is 66.3 Å². The van der Waals surface area contributed by atoms with E-state index in [2.05, 4.69) is 67.2 Å². The molecule has 4 aromatic rings. The maximum Gasteiger partial charge on any atom is 0.312 e. The minimum atomic E-state index is -0.390. The number of methoxy groups -OCH3 is 1. The molecule has 0 radical (unpaired) electrons. The van der Waals surface area contributed by atoms with Crippen LogP contribution in [0.4, 0.5) is 0 Å². The Bertz CT molecular complexity index is 1800. The zero-order chi connectivity index (χ0) is 32.7. The Hall–Kier alpha value is -4.37. The van der Waals surface area contributed by atoms with Crippen molar-refractivity contribution < 1.29 is 23.7 Å². The average Bonchev–Trinajstić information content (AvgIpc) is 3.05. The smallest absolute Gasteiger partial charge is 0.312 e. The van der Waals surface area contributed by atoms with Gasteiger partial charge < -0.3 is 24.7 Å². The summed E-state index contributed by atoms with van der Waals surface area (Å²) < 4.78 is 25.2. The van der Waals surface area contributed by atoms with Gasteiger partial charge in [-0.1, -0.05) is 30.3 Å². The Kier molecular flexibility index (Phi) is 8.66. The first kappa shape index (κ1) is 31.2.